The summed E-state index contributed by atoms with van der Waals surface area (Å²) in [4.78, 5) is 12.4. The van der Waals surface area contributed by atoms with Crippen LogP contribution >= 0.6 is 23.5 Å². The number of amides is 1. The Hall–Kier alpha value is -1.07. The predicted molar refractivity (Wildman–Crippen MR) is 95.1 cm³/mol. The number of rotatable bonds is 5. The molecule has 2 fully saturated rings. The van der Waals surface area contributed by atoms with Crippen LogP contribution in [0.25, 0.3) is 0 Å². The van der Waals surface area contributed by atoms with Crippen molar-refractivity contribution in [1.82, 2.24) is 5.32 Å². The van der Waals surface area contributed by atoms with Gasteiger partial charge in [0.1, 0.15) is 12.4 Å². The topological polar surface area (TPSA) is 38.3 Å². The normalized spacial score (nSPS) is 27.0. The molecule has 1 N–H and O–H groups in total. The van der Waals surface area contributed by atoms with Gasteiger partial charge in [0.15, 0.2) is 0 Å². The van der Waals surface area contributed by atoms with Crippen LogP contribution in [-0.4, -0.2) is 40.6 Å². The molecule has 22 heavy (non-hydrogen) atoms. The van der Waals surface area contributed by atoms with Crippen LogP contribution < -0.4 is 10.1 Å². The van der Waals surface area contributed by atoms with Gasteiger partial charge in [0, 0.05) is 33.6 Å². The van der Waals surface area contributed by atoms with Crippen LogP contribution in [-0.2, 0) is 0 Å². The molecule has 1 aromatic rings. The highest BCUT2D eigenvalue weighted by atomic mass is 32.2. The van der Waals surface area contributed by atoms with Crippen molar-refractivity contribution < 1.29 is 9.53 Å². The van der Waals surface area contributed by atoms with Crippen molar-refractivity contribution in [1.29, 1.82) is 0 Å². The maximum atomic E-state index is 12.4. The van der Waals surface area contributed by atoms with Gasteiger partial charge in [-0.05, 0) is 37.1 Å². The first-order chi connectivity index (χ1) is 10.8. The molecule has 5 heteroatoms. The van der Waals surface area contributed by atoms with Gasteiger partial charge in [0.2, 0.25) is 0 Å². The van der Waals surface area contributed by atoms with Crippen molar-refractivity contribution in [3.05, 3.63) is 42.5 Å². The summed E-state index contributed by atoms with van der Waals surface area (Å²) in [6.07, 6.45) is 4.03. The molecule has 1 amide bonds. The maximum Gasteiger partial charge on any atom is 0.251 e. The van der Waals surface area contributed by atoms with Gasteiger partial charge < -0.3 is 10.1 Å². The van der Waals surface area contributed by atoms with E-state index in [0.29, 0.717) is 23.5 Å². The smallest absolute Gasteiger partial charge is 0.251 e. The highest BCUT2D eigenvalue weighted by Gasteiger charge is 2.39. The lowest BCUT2D eigenvalue weighted by Gasteiger charge is -2.28. The Balaban J connectivity index is 1.58. The van der Waals surface area contributed by atoms with Crippen LogP contribution in [0.4, 0.5) is 0 Å². The number of nitrogens with one attached hydrogen (secondary N) is 1. The lowest BCUT2D eigenvalue weighted by molar-refractivity contribution is 0.0938. The van der Waals surface area contributed by atoms with Gasteiger partial charge in [-0.3, -0.25) is 4.79 Å². The number of ether oxygens (including phenoxy) is 1. The third-order valence-electron chi connectivity index (χ3n) is 4.05. The van der Waals surface area contributed by atoms with Gasteiger partial charge in [-0.15, -0.1) is 0 Å². The molecule has 1 heterocycles. The second-order valence-electron chi connectivity index (χ2n) is 5.53. The lowest BCUT2D eigenvalue weighted by Crippen LogP contribution is -2.42. The van der Waals surface area contributed by atoms with Crippen LogP contribution in [0.15, 0.2) is 36.9 Å². The molecule has 3 unspecified atom stereocenters. The van der Waals surface area contributed by atoms with Gasteiger partial charge in [-0.25, -0.2) is 0 Å². The summed E-state index contributed by atoms with van der Waals surface area (Å²) in [6.45, 7) is 4.10. The van der Waals surface area contributed by atoms with E-state index >= 15 is 0 Å². The zero-order chi connectivity index (χ0) is 15.4. The predicted octanol–water partition coefficient (Wildman–Crippen LogP) is 3.36. The molecule has 1 aliphatic carbocycles. The summed E-state index contributed by atoms with van der Waals surface area (Å²) in [5, 5.41) is 4.53. The summed E-state index contributed by atoms with van der Waals surface area (Å²) < 4.78 is 5.44. The Morgan fingerprint density at radius 1 is 1.27 bits per heavy atom. The van der Waals surface area contributed by atoms with E-state index in [2.05, 4.69) is 23.7 Å². The first-order valence-corrected chi connectivity index (χ1v) is 9.75. The summed E-state index contributed by atoms with van der Waals surface area (Å²) >= 11 is 4.10. The van der Waals surface area contributed by atoms with Crippen LogP contribution in [0.1, 0.15) is 23.2 Å². The number of carbonyl (C=O) groups excluding carboxylic acids is 1. The molecule has 1 saturated carbocycles. The zero-order valence-corrected chi connectivity index (χ0v) is 14.1. The van der Waals surface area contributed by atoms with Crippen molar-refractivity contribution in [3.63, 3.8) is 0 Å². The minimum atomic E-state index is 0.0251. The molecule has 1 aliphatic heterocycles. The number of thioether (sulfide) groups is 2. The molecule has 3 atom stereocenters. The van der Waals surface area contributed by atoms with E-state index in [1.54, 1.807) is 6.08 Å². The molecular formula is C17H21NO2S2. The molecule has 0 spiro atoms. The maximum absolute atomic E-state index is 12.4. The number of fused-ring (bicyclic) bond motifs is 1. The monoisotopic (exact) mass is 335 g/mol. The minimum absolute atomic E-state index is 0.0251. The van der Waals surface area contributed by atoms with E-state index in [0.717, 1.165) is 17.4 Å². The average Bonchev–Trinajstić information content (AvgIpc) is 2.96. The fourth-order valence-electron chi connectivity index (χ4n) is 2.98. The van der Waals surface area contributed by atoms with Gasteiger partial charge in [0.05, 0.1) is 0 Å². The minimum Gasteiger partial charge on any atom is -0.490 e. The van der Waals surface area contributed by atoms with Gasteiger partial charge in [0.25, 0.3) is 5.91 Å². The Labute approximate surface area is 140 Å². The molecule has 1 aromatic carbocycles. The second kappa shape index (κ2) is 7.47. The Bertz CT molecular complexity index is 532. The van der Waals surface area contributed by atoms with Crippen molar-refractivity contribution in [2.75, 3.05) is 18.1 Å². The van der Waals surface area contributed by atoms with Crippen molar-refractivity contribution in [3.8, 4) is 5.75 Å². The molecule has 3 nitrogen and oxygen atoms in total. The number of hydrogen-bond acceptors (Lipinski definition) is 4. The zero-order valence-electron chi connectivity index (χ0n) is 12.5. The van der Waals surface area contributed by atoms with E-state index in [-0.39, 0.29) is 5.91 Å². The van der Waals surface area contributed by atoms with E-state index in [4.69, 9.17) is 4.74 Å². The summed E-state index contributed by atoms with van der Waals surface area (Å²) in [7, 11) is 0. The Morgan fingerprint density at radius 3 is 2.82 bits per heavy atom. The molecule has 0 bridgehead atoms. The Kier molecular flexibility index (Phi) is 5.37. The fraction of sp³-hybridized carbons (Fsp3) is 0.471. The van der Waals surface area contributed by atoms with E-state index < -0.39 is 0 Å². The van der Waals surface area contributed by atoms with Gasteiger partial charge in [-0.1, -0.05) is 12.7 Å². The summed E-state index contributed by atoms with van der Waals surface area (Å²) in [5.41, 5.74) is 0.697. The van der Waals surface area contributed by atoms with Gasteiger partial charge in [-0.2, -0.15) is 23.5 Å². The SMILES string of the molecule is C=CCOc1ccc(C(=O)NC2CCC3SCCSC23)cc1. The largest absolute Gasteiger partial charge is 0.490 e. The third-order valence-corrected chi connectivity index (χ3v) is 7.36. The molecule has 2 aliphatic rings. The molecule has 0 radical (unpaired) electrons. The highest BCUT2D eigenvalue weighted by molar-refractivity contribution is 8.07. The Morgan fingerprint density at radius 2 is 2.05 bits per heavy atom. The fourth-order valence-corrected chi connectivity index (χ4v) is 6.27. The van der Waals surface area contributed by atoms with Crippen LogP contribution in [0.2, 0.25) is 0 Å². The molecular weight excluding hydrogens is 314 g/mol. The molecule has 118 valence electrons. The molecule has 3 rings (SSSR count). The van der Waals surface area contributed by atoms with Crippen LogP contribution in [0.3, 0.4) is 0 Å². The van der Waals surface area contributed by atoms with Crippen molar-refractivity contribution in [2.24, 2.45) is 0 Å². The van der Waals surface area contributed by atoms with Crippen LogP contribution in [0, 0.1) is 0 Å². The average molecular weight is 335 g/mol. The number of carbonyl (C=O) groups is 1. The summed E-state index contributed by atoms with van der Waals surface area (Å²) in [6, 6.07) is 7.63. The van der Waals surface area contributed by atoms with E-state index in [1.165, 1.54) is 17.9 Å². The van der Waals surface area contributed by atoms with E-state index in [9.17, 15) is 4.79 Å². The highest BCUT2D eigenvalue weighted by Crippen LogP contribution is 2.42. The standard InChI is InChI=1S/C17H21NO2S2/c1-2-9-20-13-5-3-12(4-6-13)17(19)18-14-7-8-15-16(14)22-11-10-21-15/h2-6,14-16H,1,7-11H2,(H,18,19). The van der Waals surface area contributed by atoms with Crippen molar-refractivity contribution in [2.45, 2.75) is 29.4 Å². The summed E-state index contributed by atoms with van der Waals surface area (Å²) in [5.74, 6) is 3.24. The molecule has 0 aromatic heterocycles. The number of benzene rings is 1. The second-order valence-corrected chi connectivity index (χ2v) is 8.16. The van der Waals surface area contributed by atoms with Crippen molar-refractivity contribution >= 4 is 29.4 Å². The number of hydrogen-bond donors (Lipinski definition) is 1. The third kappa shape index (κ3) is 3.63. The molecule has 1 saturated heterocycles. The van der Waals surface area contributed by atoms with E-state index in [1.807, 2.05) is 36.0 Å². The quantitative estimate of drug-likeness (QED) is 0.838. The first kappa shape index (κ1) is 15.8. The van der Waals surface area contributed by atoms with Crippen LogP contribution in [0.5, 0.6) is 5.75 Å². The van der Waals surface area contributed by atoms with Gasteiger partial charge >= 0.3 is 0 Å². The first-order valence-electron chi connectivity index (χ1n) is 7.66. The lowest BCUT2D eigenvalue weighted by atomic mass is 10.1.